The molecule has 17 heavy (non-hydrogen) atoms. The van der Waals surface area contributed by atoms with E-state index < -0.39 is 0 Å². The van der Waals surface area contributed by atoms with Crippen LogP contribution in [-0.4, -0.2) is 25.9 Å². The Labute approximate surface area is 118 Å². The minimum Gasteiger partial charge on any atom is -1.00 e. The van der Waals surface area contributed by atoms with Gasteiger partial charge >= 0.3 is 18.9 Å². The van der Waals surface area contributed by atoms with Crippen molar-refractivity contribution in [2.75, 3.05) is 20.4 Å². The Morgan fingerprint density at radius 1 is 1.29 bits per heavy atom. The van der Waals surface area contributed by atoms with E-state index in [0.29, 0.717) is 17.1 Å². The molecular weight excluding hydrogens is 230 g/mol. The second kappa shape index (κ2) is 7.77. The van der Waals surface area contributed by atoms with Crippen LogP contribution in [0.4, 0.5) is 0 Å². The number of benzene rings is 1. The van der Waals surface area contributed by atoms with Crippen molar-refractivity contribution in [3.05, 3.63) is 23.3 Å². The monoisotopic (exact) mass is 248 g/mol. The third-order valence-corrected chi connectivity index (χ3v) is 3.14. The van der Waals surface area contributed by atoms with Gasteiger partial charge in [-0.3, -0.25) is 4.79 Å². The molecule has 90 valence electrons. The largest absolute Gasteiger partial charge is 1.00 e. The molecule has 0 aromatic heterocycles. The summed E-state index contributed by atoms with van der Waals surface area (Å²) >= 11 is 0. The van der Waals surface area contributed by atoms with Crippen LogP contribution in [0.1, 0.15) is 24.3 Å². The molecule has 0 aliphatic carbocycles. The van der Waals surface area contributed by atoms with Gasteiger partial charge in [0.1, 0.15) is 17.1 Å². The molecule has 0 fully saturated rings. The number of methoxy groups -OCH3 is 2. The number of carbonyl (C=O) groups excluding carboxylic acids is 1. The van der Waals surface area contributed by atoms with Crippen LogP contribution in [0.15, 0.2) is 12.1 Å². The molecule has 0 saturated heterocycles. The fourth-order valence-corrected chi connectivity index (χ4v) is 2.26. The summed E-state index contributed by atoms with van der Waals surface area (Å²) in [6.07, 6.45) is 0.846. The van der Waals surface area contributed by atoms with Crippen LogP contribution in [0, 0.1) is 6.92 Å². The van der Waals surface area contributed by atoms with Crippen LogP contribution >= 0.6 is 8.58 Å². The van der Waals surface area contributed by atoms with Gasteiger partial charge < -0.3 is 10.9 Å². The van der Waals surface area contributed by atoms with Crippen LogP contribution in [0.5, 0.6) is 11.5 Å². The van der Waals surface area contributed by atoms with E-state index in [4.69, 9.17) is 9.47 Å². The molecule has 3 nitrogen and oxygen atoms in total. The van der Waals surface area contributed by atoms with Crippen molar-refractivity contribution in [3.8, 4) is 11.5 Å². The third kappa shape index (κ3) is 4.03. The average Bonchev–Trinajstić information content (AvgIpc) is 2.27. The fraction of sp³-hybridized carbons (Fsp3) is 0.417. The molecule has 0 N–H and O–H groups in total. The molecule has 0 spiro atoms. The molecule has 1 atom stereocenters. The SMILES string of the molecule is CCPC(=O)c1c(OC)cc(C)cc1OC.[H-].[Li+]. The number of rotatable bonds is 5. The Hall–Kier alpha value is -0.483. The molecule has 0 amide bonds. The fourth-order valence-electron chi connectivity index (χ4n) is 1.52. The molecule has 0 radical (unpaired) electrons. The zero-order valence-electron chi connectivity index (χ0n) is 12.1. The molecule has 1 unspecified atom stereocenters. The predicted octanol–water partition coefficient (Wildman–Crippen LogP) is -0.0327. The first-order valence-electron chi connectivity index (χ1n) is 5.14. The predicted molar refractivity (Wildman–Crippen MR) is 68.6 cm³/mol. The van der Waals surface area contributed by atoms with Crippen molar-refractivity contribution in [2.45, 2.75) is 13.8 Å². The topological polar surface area (TPSA) is 35.5 Å². The Bertz CT molecular complexity index is 374. The zero-order valence-corrected chi connectivity index (χ0v) is 12.1. The molecule has 0 bridgehead atoms. The van der Waals surface area contributed by atoms with E-state index >= 15 is 0 Å². The van der Waals surface area contributed by atoms with Gasteiger partial charge in [0.15, 0.2) is 5.52 Å². The van der Waals surface area contributed by atoms with Gasteiger partial charge in [-0.2, -0.15) is 0 Å². The van der Waals surface area contributed by atoms with Crippen LogP contribution in [0.3, 0.4) is 0 Å². The normalized spacial score (nSPS) is 10.1. The van der Waals surface area contributed by atoms with Gasteiger partial charge in [-0.25, -0.2) is 0 Å². The molecule has 0 aliphatic heterocycles. The van der Waals surface area contributed by atoms with Gasteiger partial charge in [-0.1, -0.05) is 6.92 Å². The summed E-state index contributed by atoms with van der Waals surface area (Å²) in [5.41, 5.74) is 1.68. The molecule has 1 aromatic carbocycles. The van der Waals surface area contributed by atoms with Gasteiger partial charge in [-0.15, -0.1) is 0 Å². The molecule has 0 aliphatic rings. The van der Waals surface area contributed by atoms with Crippen LogP contribution < -0.4 is 28.3 Å². The summed E-state index contributed by atoms with van der Waals surface area (Å²) in [4.78, 5) is 12.0. The minimum absolute atomic E-state index is 0. The van der Waals surface area contributed by atoms with Crippen molar-refractivity contribution in [1.29, 1.82) is 0 Å². The van der Waals surface area contributed by atoms with Crippen molar-refractivity contribution in [1.82, 2.24) is 0 Å². The number of hydrogen-bond acceptors (Lipinski definition) is 3. The number of hydrogen-bond donors (Lipinski definition) is 0. The maximum Gasteiger partial charge on any atom is 1.00 e. The first-order valence-corrected chi connectivity index (χ1v) is 6.35. The van der Waals surface area contributed by atoms with Gasteiger partial charge in [-0.05, 0) is 39.4 Å². The number of carbonyl (C=O) groups is 1. The van der Waals surface area contributed by atoms with Crippen molar-refractivity contribution in [2.24, 2.45) is 0 Å². The maximum atomic E-state index is 12.0. The Balaban J connectivity index is 0. The summed E-state index contributed by atoms with van der Waals surface area (Å²) in [7, 11) is 3.40. The molecule has 5 heteroatoms. The van der Waals surface area contributed by atoms with E-state index in [1.807, 2.05) is 26.0 Å². The number of aryl methyl sites for hydroxylation is 1. The van der Waals surface area contributed by atoms with Gasteiger partial charge in [0, 0.05) is 0 Å². The van der Waals surface area contributed by atoms with Gasteiger partial charge in [0.25, 0.3) is 0 Å². The molecule has 0 heterocycles. The van der Waals surface area contributed by atoms with E-state index in [9.17, 15) is 4.79 Å². The smallest absolute Gasteiger partial charge is 1.00 e. The first kappa shape index (κ1) is 16.5. The molecule has 1 rings (SSSR count). The Morgan fingerprint density at radius 2 is 1.76 bits per heavy atom. The first-order chi connectivity index (χ1) is 7.63. The third-order valence-electron chi connectivity index (χ3n) is 2.21. The average molecular weight is 248 g/mol. The zero-order chi connectivity index (χ0) is 12.1. The Kier molecular flexibility index (Phi) is 7.55. The van der Waals surface area contributed by atoms with E-state index in [2.05, 4.69) is 0 Å². The molecular formula is C12H18LiO3P. The van der Waals surface area contributed by atoms with Crippen molar-refractivity contribution < 1.29 is 34.6 Å². The van der Waals surface area contributed by atoms with Gasteiger partial charge in [0.2, 0.25) is 0 Å². The van der Waals surface area contributed by atoms with E-state index in [1.165, 1.54) is 0 Å². The summed E-state index contributed by atoms with van der Waals surface area (Å²) in [6, 6.07) is 3.71. The Morgan fingerprint density at radius 3 is 2.12 bits per heavy atom. The standard InChI is InChI=1S/C12H17O3P.Li.H/c1-5-16-12(13)11-9(14-3)6-8(2)7-10(11)15-4;;/h6-7,16H,5H2,1-4H3;;/q;+1;-1. The summed E-state index contributed by atoms with van der Waals surface area (Å²) in [6.45, 7) is 3.94. The minimum atomic E-state index is 0. The molecule has 0 saturated carbocycles. The van der Waals surface area contributed by atoms with E-state index in [1.54, 1.807) is 14.2 Å². The van der Waals surface area contributed by atoms with Crippen LogP contribution in [0.2, 0.25) is 0 Å². The van der Waals surface area contributed by atoms with E-state index in [0.717, 1.165) is 11.7 Å². The number of ether oxygens (including phenoxy) is 2. The second-order valence-corrected chi connectivity index (χ2v) is 4.92. The summed E-state index contributed by atoms with van der Waals surface area (Å²) in [5.74, 6) is 1.20. The van der Waals surface area contributed by atoms with Gasteiger partial charge in [0.05, 0.1) is 14.2 Å². The summed E-state index contributed by atoms with van der Waals surface area (Å²) < 4.78 is 10.5. The second-order valence-electron chi connectivity index (χ2n) is 3.40. The van der Waals surface area contributed by atoms with Crippen molar-refractivity contribution >= 4 is 14.1 Å². The van der Waals surface area contributed by atoms with Crippen molar-refractivity contribution in [3.63, 3.8) is 0 Å². The molecule has 1 aromatic rings. The van der Waals surface area contributed by atoms with E-state index in [-0.39, 0.29) is 34.4 Å². The van der Waals surface area contributed by atoms with Crippen LogP contribution in [-0.2, 0) is 0 Å². The summed E-state index contributed by atoms with van der Waals surface area (Å²) in [5, 5.41) is 0. The van der Waals surface area contributed by atoms with Crippen LogP contribution in [0.25, 0.3) is 0 Å². The maximum absolute atomic E-state index is 12.0. The quantitative estimate of drug-likeness (QED) is 0.542.